The highest BCUT2D eigenvalue weighted by molar-refractivity contribution is 6.30. The Balaban J connectivity index is 1.77. The molecule has 0 aliphatic heterocycles. The van der Waals surface area contributed by atoms with Gasteiger partial charge in [-0.15, -0.1) is 0 Å². The summed E-state index contributed by atoms with van der Waals surface area (Å²) in [6, 6.07) is 26.3. The molecule has 0 spiro atoms. The van der Waals surface area contributed by atoms with E-state index in [0.29, 0.717) is 5.92 Å². The van der Waals surface area contributed by atoms with Crippen LogP contribution >= 0.6 is 0 Å². The molecule has 0 atom stereocenters. The van der Waals surface area contributed by atoms with Gasteiger partial charge in [0.05, 0.1) is 27.6 Å². The van der Waals surface area contributed by atoms with E-state index >= 15 is 0 Å². The highest BCUT2D eigenvalue weighted by atomic mass is 14.9. The summed E-state index contributed by atoms with van der Waals surface area (Å²) in [6.45, 7) is 0. The van der Waals surface area contributed by atoms with Crippen LogP contribution in [0.15, 0.2) is 72.9 Å². The molecule has 4 aromatic carbocycles. The molecular weight excluding hydrogens is 414 g/mol. The molecule has 3 heterocycles. The van der Waals surface area contributed by atoms with Crippen molar-refractivity contribution in [2.75, 3.05) is 0 Å². The van der Waals surface area contributed by atoms with Crippen molar-refractivity contribution in [1.82, 2.24) is 9.38 Å². The van der Waals surface area contributed by atoms with Gasteiger partial charge >= 0.3 is 0 Å². The number of para-hydroxylation sites is 1. The molecule has 1 saturated carbocycles. The Kier molecular flexibility index (Phi) is 3.47. The number of rotatable bonds is 1. The molecule has 7 aromatic rings. The molecule has 0 bridgehead atoms. The topological polar surface area (TPSA) is 41.1 Å². The van der Waals surface area contributed by atoms with Crippen LogP contribution in [0.5, 0.6) is 0 Å². The van der Waals surface area contributed by atoms with Gasteiger partial charge in [-0.1, -0.05) is 55.3 Å². The van der Waals surface area contributed by atoms with Crippen molar-refractivity contribution >= 4 is 59.8 Å². The van der Waals surface area contributed by atoms with Gasteiger partial charge in [0, 0.05) is 33.1 Å². The lowest BCUT2D eigenvalue weighted by atomic mass is 9.89. The number of hydrogen-bond acceptors (Lipinski definition) is 2. The summed E-state index contributed by atoms with van der Waals surface area (Å²) in [4.78, 5) is 4.92. The molecule has 0 amide bonds. The maximum atomic E-state index is 10.4. The molecule has 0 unspecified atom stereocenters. The first-order valence-electron chi connectivity index (χ1n) is 12.2. The van der Waals surface area contributed by atoms with Gasteiger partial charge in [-0.3, -0.25) is 4.98 Å². The molecule has 1 aliphatic carbocycles. The van der Waals surface area contributed by atoms with Gasteiger partial charge < -0.3 is 4.40 Å². The van der Waals surface area contributed by atoms with Crippen LogP contribution in [-0.4, -0.2) is 9.38 Å². The van der Waals surface area contributed by atoms with Crippen LogP contribution in [0.3, 0.4) is 0 Å². The van der Waals surface area contributed by atoms with E-state index in [9.17, 15) is 5.26 Å². The number of hydrogen-bond donors (Lipinski definition) is 0. The second-order valence-corrected chi connectivity index (χ2v) is 9.76. The Morgan fingerprint density at radius 3 is 2.44 bits per heavy atom. The van der Waals surface area contributed by atoms with E-state index < -0.39 is 0 Å². The van der Waals surface area contributed by atoms with Crippen LogP contribution in [0.25, 0.3) is 59.8 Å². The van der Waals surface area contributed by atoms with Crippen LogP contribution in [0.1, 0.15) is 42.7 Å². The van der Waals surface area contributed by atoms with Crippen molar-refractivity contribution < 1.29 is 0 Å². The average Bonchev–Trinajstić information content (AvgIpc) is 3.54. The minimum absolute atomic E-state index is 0.591. The van der Waals surface area contributed by atoms with E-state index in [0.717, 1.165) is 32.8 Å². The second-order valence-electron chi connectivity index (χ2n) is 9.76. The lowest BCUT2D eigenvalue weighted by Gasteiger charge is -2.18. The van der Waals surface area contributed by atoms with Crippen molar-refractivity contribution in [3.63, 3.8) is 0 Å². The zero-order chi connectivity index (χ0) is 22.4. The number of pyridine rings is 2. The van der Waals surface area contributed by atoms with Crippen molar-refractivity contribution in [2.24, 2.45) is 0 Å². The minimum Gasteiger partial charge on any atom is -0.306 e. The number of nitrogens with zero attached hydrogens (tertiary/aromatic N) is 3. The third-order valence-corrected chi connectivity index (χ3v) is 8.10. The highest BCUT2D eigenvalue weighted by Crippen LogP contribution is 2.47. The first-order chi connectivity index (χ1) is 16.8. The van der Waals surface area contributed by atoms with Gasteiger partial charge in [-0.2, -0.15) is 5.26 Å². The normalized spacial score (nSPS) is 15.0. The van der Waals surface area contributed by atoms with E-state index in [2.05, 4.69) is 65.1 Å². The quantitative estimate of drug-likeness (QED) is 0.193. The molecular formula is C31H21N3. The smallest absolute Gasteiger partial charge is 0.102 e. The molecule has 1 fully saturated rings. The number of nitriles is 1. The van der Waals surface area contributed by atoms with Crippen molar-refractivity contribution in [3.05, 3.63) is 84.1 Å². The van der Waals surface area contributed by atoms with Gasteiger partial charge in [0.1, 0.15) is 6.07 Å². The highest BCUT2D eigenvalue weighted by Gasteiger charge is 2.27. The number of benzene rings is 4. The standard InChI is InChI=1S/C31H21N3/c32-17-25-21-10-4-3-9-19(21)15-24-29-27-20(13-14-33-29)16-23(18-7-1-2-8-18)28-22-11-5-6-12-26(22)34(30(24)25)31(27)28/h3-6,9-16,18H,1-2,7-8H2. The molecule has 34 heavy (non-hydrogen) atoms. The van der Waals surface area contributed by atoms with Crippen LogP contribution in [-0.2, 0) is 0 Å². The van der Waals surface area contributed by atoms with Crippen LogP contribution in [0.2, 0.25) is 0 Å². The predicted octanol–water partition coefficient (Wildman–Crippen LogP) is 8.07. The molecule has 0 radical (unpaired) electrons. The fourth-order valence-corrected chi connectivity index (χ4v) is 6.71. The first kappa shape index (κ1) is 18.3. The molecule has 160 valence electrons. The van der Waals surface area contributed by atoms with E-state index in [-0.39, 0.29) is 0 Å². The summed E-state index contributed by atoms with van der Waals surface area (Å²) in [7, 11) is 0. The fourth-order valence-electron chi connectivity index (χ4n) is 6.71. The van der Waals surface area contributed by atoms with E-state index in [1.165, 1.54) is 63.8 Å². The van der Waals surface area contributed by atoms with Gasteiger partial charge in [-0.25, -0.2) is 0 Å². The largest absolute Gasteiger partial charge is 0.306 e. The molecule has 3 nitrogen and oxygen atoms in total. The van der Waals surface area contributed by atoms with Crippen LogP contribution in [0, 0.1) is 11.3 Å². The Morgan fingerprint density at radius 2 is 1.59 bits per heavy atom. The molecule has 3 aromatic heterocycles. The van der Waals surface area contributed by atoms with Crippen LogP contribution in [0.4, 0.5) is 0 Å². The van der Waals surface area contributed by atoms with E-state index in [4.69, 9.17) is 4.98 Å². The van der Waals surface area contributed by atoms with E-state index in [1.807, 2.05) is 18.3 Å². The molecule has 0 N–H and O–H groups in total. The molecule has 0 saturated heterocycles. The van der Waals surface area contributed by atoms with Gasteiger partial charge in [0.25, 0.3) is 0 Å². The third kappa shape index (κ3) is 2.14. The zero-order valence-corrected chi connectivity index (χ0v) is 18.7. The Labute approximate surface area is 196 Å². The monoisotopic (exact) mass is 435 g/mol. The summed E-state index contributed by atoms with van der Waals surface area (Å²) in [5.41, 5.74) is 6.56. The summed E-state index contributed by atoms with van der Waals surface area (Å²) >= 11 is 0. The summed E-state index contributed by atoms with van der Waals surface area (Å²) in [5, 5.41) is 18.7. The average molecular weight is 436 g/mol. The maximum absolute atomic E-state index is 10.4. The lowest BCUT2D eigenvalue weighted by molar-refractivity contribution is 0.731. The third-order valence-electron chi connectivity index (χ3n) is 8.10. The van der Waals surface area contributed by atoms with Crippen LogP contribution < -0.4 is 0 Å². The van der Waals surface area contributed by atoms with E-state index in [1.54, 1.807) is 0 Å². The zero-order valence-electron chi connectivity index (χ0n) is 18.7. The molecule has 1 aliphatic rings. The SMILES string of the molecule is N#Cc1c2ccccc2cc2c3nccc4cc(C5CCCC5)c5c6ccccc6n(c12)c5c43. The molecule has 3 heteroatoms. The Hall–Kier alpha value is -4.16. The van der Waals surface area contributed by atoms with Gasteiger partial charge in [0.15, 0.2) is 0 Å². The van der Waals surface area contributed by atoms with Crippen molar-refractivity contribution in [2.45, 2.75) is 31.6 Å². The number of aromatic nitrogens is 2. The predicted molar refractivity (Wildman–Crippen MR) is 140 cm³/mol. The van der Waals surface area contributed by atoms with Gasteiger partial charge in [0.2, 0.25) is 0 Å². The fraction of sp³-hybridized carbons (Fsp3) is 0.161. The minimum atomic E-state index is 0.591. The van der Waals surface area contributed by atoms with Gasteiger partial charge in [-0.05, 0) is 59.4 Å². The Bertz CT molecular complexity index is 1980. The first-order valence-corrected chi connectivity index (χ1v) is 12.2. The van der Waals surface area contributed by atoms with Crippen molar-refractivity contribution in [3.8, 4) is 6.07 Å². The summed E-state index contributed by atoms with van der Waals surface area (Å²) in [6.07, 6.45) is 7.05. The van der Waals surface area contributed by atoms with Crippen molar-refractivity contribution in [1.29, 1.82) is 5.26 Å². The maximum Gasteiger partial charge on any atom is 0.102 e. The summed E-state index contributed by atoms with van der Waals surface area (Å²) in [5.74, 6) is 0.591. The summed E-state index contributed by atoms with van der Waals surface area (Å²) < 4.78 is 2.38. The number of fused-ring (bicyclic) bond motifs is 7. The lowest BCUT2D eigenvalue weighted by Crippen LogP contribution is -2.00. The second kappa shape index (κ2) is 6.46. The molecule has 8 rings (SSSR count). The Morgan fingerprint density at radius 1 is 0.794 bits per heavy atom.